The Labute approximate surface area is 138 Å². The molecule has 1 amide bonds. The van der Waals surface area contributed by atoms with Crippen LogP contribution in [0.3, 0.4) is 0 Å². The third-order valence-corrected chi connectivity index (χ3v) is 3.98. The summed E-state index contributed by atoms with van der Waals surface area (Å²) < 4.78 is 0. The molecule has 0 atom stereocenters. The van der Waals surface area contributed by atoms with Crippen LogP contribution in [0.4, 0.5) is 5.69 Å². The molecule has 1 aliphatic heterocycles. The van der Waals surface area contributed by atoms with Gasteiger partial charge in [-0.05, 0) is 35.5 Å². The van der Waals surface area contributed by atoms with Gasteiger partial charge in [-0.2, -0.15) is 0 Å². The van der Waals surface area contributed by atoms with Gasteiger partial charge < -0.3 is 10.4 Å². The Morgan fingerprint density at radius 1 is 1.09 bits per heavy atom. The number of nitrogens with zero attached hydrogens (tertiary/aromatic N) is 1. The Balaban J connectivity index is 1.72. The SMILES string of the molecule is O=C1NC(=Nc2cccc(O)c2)S/C1=C\C=C\c1ccccc1. The van der Waals surface area contributed by atoms with Gasteiger partial charge >= 0.3 is 0 Å². The van der Waals surface area contributed by atoms with Crippen molar-refractivity contribution in [2.24, 2.45) is 4.99 Å². The lowest BCUT2D eigenvalue weighted by Gasteiger charge is -1.96. The predicted octanol–water partition coefficient (Wildman–Crippen LogP) is 3.84. The molecule has 1 aliphatic rings. The Bertz CT molecular complexity index is 811. The molecule has 0 aromatic heterocycles. The first-order valence-electron chi connectivity index (χ1n) is 7.01. The summed E-state index contributed by atoms with van der Waals surface area (Å²) in [7, 11) is 0. The third kappa shape index (κ3) is 4.11. The number of aliphatic imine (C=N–C) groups is 1. The zero-order valence-corrected chi connectivity index (χ0v) is 13.0. The van der Waals surface area contributed by atoms with Crippen LogP contribution in [0.25, 0.3) is 6.08 Å². The number of benzene rings is 2. The minimum atomic E-state index is -0.174. The Hall–Kier alpha value is -2.79. The topological polar surface area (TPSA) is 61.7 Å². The van der Waals surface area contributed by atoms with Gasteiger partial charge in [-0.15, -0.1) is 0 Å². The lowest BCUT2D eigenvalue weighted by Crippen LogP contribution is -2.19. The second kappa shape index (κ2) is 6.98. The number of thioether (sulfide) groups is 1. The van der Waals surface area contributed by atoms with Crippen LogP contribution in [-0.2, 0) is 4.79 Å². The number of rotatable bonds is 3. The number of aromatic hydroxyl groups is 1. The van der Waals surface area contributed by atoms with Crippen molar-refractivity contribution in [1.82, 2.24) is 5.32 Å². The molecule has 1 saturated heterocycles. The molecule has 0 aliphatic carbocycles. The van der Waals surface area contributed by atoms with Crippen molar-refractivity contribution >= 4 is 34.6 Å². The normalized spacial score (nSPS) is 18.0. The first-order valence-corrected chi connectivity index (χ1v) is 7.83. The molecule has 1 heterocycles. The van der Waals surface area contributed by atoms with Crippen LogP contribution in [0, 0.1) is 0 Å². The number of amides is 1. The van der Waals surface area contributed by atoms with Crippen LogP contribution in [0.2, 0.25) is 0 Å². The minimum Gasteiger partial charge on any atom is -0.508 e. The van der Waals surface area contributed by atoms with Crippen LogP contribution >= 0.6 is 11.8 Å². The number of phenols is 1. The molecule has 2 aromatic rings. The van der Waals surface area contributed by atoms with Crippen molar-refractivity contribution in [3.63, 3.8) is 0 Å². The highest BCUT2D eigenvalue weighted by atomic mass is 32.2. The summed E-state index contributed by atoms with van der Waals surface area (Å²) in [5, 5.41) is 12.6. The number of carbonyl (C=O) groups excluding carboxylic acids is 1. The van der Waals surface area contributed by atoms with E-state index in [1.807, 2.05) is 42.5 Å². The van der Waals surface area contributed by atoms with Crippen molar-refractivity contribution in [1.29, 1.82) is 0 Å². The molecule has 0 unspecified atom stereocenters. The first kappa shape index (κ1) is 15.1. The van der Waals surface area contributed by atoms with E-state index in [0.29, 0.717) is 15.8 Å². The van der Waals surface area contributed by atoms with E-state index in [1.165, 1.54) is 17.8 Å². The second-order valence-electron chi connectivity index (χ2n) is 4.79. The van der Waals surface area contributed by atoms with Gasteiger partial charge in [0.2, 0.25) is 0 Å². The number of allylic oxidation sites excluding steroid dienone is 2. The smallest absolute Gasteiger partial charge is 0.264 e. The average molecular weight is 322 g/mol. The predicted molar refractivity (Wildman–Crippen MR) is 94.5 cm³/mol. The maximum Gasteiger partial charge on any atom is 0.264 e. The van der Waals surface area contributed by atoms with Crippen LogP contribution in [0.5, 0.6) is 5.75 Å². The number of hydrogen-bond donors (Lipinski definition) is 2. The van der Waals surface area contributed by atoms with Gasteiger partial charge in [-0.3, -0.25) is 4.79 Å². The molecule has 1 fully saturated rings. The highest BCUT2D eigenvalue weighted by Crippen LogP contribution is 2.27. The number of hydrogen-bond acceptors (Lipinski definition) is 4. The van der Waals surface area contributed by atoms with E-state index in [2.05, 4.69) is 10.3 Å². The largest absolute Gasteiger partial charge is 0.508 e. The Kier molecular flexibility index (Phi) is 4.59. The van der Waals surface area contributed by atoms with E-state index in [9.17, 15) is 9.90 Å². The minimum absolute atomic E-state index is 0.141. The molecule has 2 aromatic carbocycles. The summed E-state index contributed by atoms with van der Waals surface area (Å²) in [5.74, 6) is -0.0330. The first-order chi connectivity index (χ1) is 11.2. The Morgan fingerprint density at radius 3 is 2.70 bits per heavy atom. The van der Waals surface area contributed by atoms with E-state index in [4.69, 9.17) is 0 Å². The monoisotopic (exact) mass is 322 g/mol. The molecule has 3 rings (SSSR count). The van der Waals surface area contributed by atoms with Gasteiger partial charge in [-0.1, -0.05) is 48.6 Å². The van der Waals surface area contributed by atoms with Gasteiger partial charge in [0.25, 0.3) is 5.91 Å². The van der Waals surface area contributed by atoms with Crippen LogP contribution in [-0.4, -0.2) is 16.2 Å². The van der Waals surface area contributed by atoms with Gasteiger partial charge in [0.15, 0.2) is 5.17 Å². The molecule has 23 heavy (non-hydrogen) atoms. The van der Waals surface area contributed by atoms with Crippen LogP contribution in [0.15, 0.2) is 76.6 Å². The maximum absolute atomic E-state index is 11.9. The van der Waals surface area contributed by atoms with Crippen molar-refractivity contribution < 1.29 is 9.90 Å². The van der Waals surface area contributed by atoms with Crippen molar-refractivity contribution in [2.75, 3.05) is 0 Å². The van der Waals surface area contributed by atoms with Gasteiger partial charge in [0, 0.05) is 6.07 Å². The fourth-order valence-corrected chi connectivity index (χ4v) is 2.78. The molecule has 0 spiro atoms. The lowest BCUT2D eigenvalue weighted by molar-refractivity contribution is -0.115. The second-order valence-corrected chi connectivity index (χ2v) is 5.82. The summed E-state index contributed by atoms with van der Waals surface area (Å²) in [5.41, 5.74) is 1.66. The number of nitrogens with one attached hydrogen (secondary N) is 1. The summed E-state index contributed by atoms with van der Waals surface area (Å²) >= 11 is 1.27. The van der Waals surface area contributed by atoms with Gasteiger partial charge in [0.1, 0.15) is 5.75 Å². The molecular formula is C18H14N2O2S. The van der Waals surface area contributed by atoms with Gasteiger partial charge in [0.05, 0.1) is 10.6 Å². The zero-order valence-electron chi connectivity index (χ0n) is 12.1. The van der Waals surface area contributed by atoms with E-state index in [0.717, 1.165) is 5.56 Å². The summed E-state index contributed by atoms with van der Waals surface area (Å²) in [6.45, 7) is 0. The highest BCUT2D eigenvalue weighted by Gasteiger charge is 2.23. The highest BCUT2D eigenvalue weighted by molar-refractivity contribution is 8.18. The zero-order chi connectivity index (χ0) is 16.1. The van der Waals surface area contributed by atoms with E-state index in [-0.39, 0.29) is 11.7 Å². The molecule has 0 saturated carbocycles. The van der Waals surface area contributed by atoms with Crippen LogP contribution < -0.4 is 5.32 Å². The summed E-state index contributed by atoms with van der Waals surface area (Å²) in [6.07, 6.45) is 5.54. The fraction of sp³-hybridized carbons (Fsp3) is 0. The standard InChI is InChI=1S/C18H14N2O2S/c21-15-10-5-9-14(12-15)19-18-20-17(22)16(23-18)11-4-8-13-6-2-1-3-7-13/h1-12,21H,(H,19,20,22)/b8-4+,16-11-. The molecule has 4 nitrogen and oxygen atoms in total. The summed E-state index contributed by atoms with van der Waals surface area (Å²) in [6, 6.07) is 16.4. The maximum atomic E-state index is 11.9. The van der Waals surface area contributed by atoms with E-state index < -0.39 is 0 Å². The average Bonchev–Trinajstić information content (AvgIpc) is 2.88. The van der Waals surface area contributed by atoms with Crippen LogP contribution in [0.1, 0.15) is 5.56 Å². The molecule has 2 N–H and O–H groups in total. The fourth-order valence-electron chi connectivity index (χ4n) is 1.99. The lowest BCUT2D eigenvalue weighted by atomic mass is 10.2. The molecule has 0 bridgehead atoms. The van der Waals surface area contributed by atoms with E-state index >= 15 is 0 Å². The summed E-state index contributed by atoms with van der Waals surface area (Å²) in [4.78, 5) is 16.8. The number of phenolic OH excluding ortho intramolecular Hbond substituents is 1. The third-order valence-electron chi connectivity index (χ3n) is 3.05. The molecule has 5 heteroatoms. The van der Waals surface area contributed by atoms with E-state index in [1.54, 1.807) is 24.3 Å². The molecule has 0 radical (unpaired) electrons. The molecular weight excluding hydrogens is 308 g/mol. The van der Waals surface area contributed by atoms with Crippen molar-refractivity contribution in [3.8, 4) is 5.75 Å². The van der Waals surface area contributed by atoms with Gasteiger partial charge in [-0.25, -0.2) is 4.99 Å². The van der Waals surface area contributed by atoms with Crippen molar-refractivity contribution in [3.05, 3.63) is 77.2 Å². The van der Waals surface area contributed by atoms with Crippen molar-refractivity contribution in [2.45, 2.75) is 0 Å². The Morgan fingerprint density at radius 2 is 1.91 bits per heavy atom. The quantitative estimate of drug-likeness (QED) is 0.844. The number of carbonyl (C=O) groups is 1. The molecule has 114 valence electrons. The number of amidine groups is 1.